The molecule has 0 fully saturated rings. The Morgan fingerprint density at radius 3 is 2.50 bits per heavy atom. The normalized spacial score (nSPS) is 10.3. The highest BCUT2D eigenvalue weighted by molar-refractivity contribution is 5.45. The van der Waals surface area contributed by atoms with E-state index in [1.807, 2.05) is 11.9 Å². The second-order valence-electron chi connectivity index (χ2n) is 4.65. The number of aromatic nitrogens is 2. The Morgan fingerprint density at radius 1 is 1.15 bits per heavy atom. The van der Waals surface area contributed by atoms with Gasteiger partial charge in [0.2, 0.25) is 0 Å². The van der Waals surface area contributed by atoms with Crippen molar-refractivity contribution < 1.29 is 4.39 Å². The smallest absolute Gasteiger partial charge is 0.144 e. The highest BCUT2D eigenvalue weighted by Crippen LogP contribution is 2.15. The van der Waals surface area contributed by atoms with Crippen LogP contribution in [0.4, 0.5) is 15.9 Å². The summed E-state index contributed by atoms with van der Waals surface area (Å²) in [4.78, 5) is 10.7. The van der Waals surface area contributed by atoms with E-state index in [9.17, 15) is 4.39 Å². The number of hydrogen-bond donors (Lipinski definition) is 1. The molecule has 0 radical (unpaired) electrons. The molecule has 106 valence electrons. The van der Waals surface area contributed by atoms with Crippen LogP contribution in [0.2, 0.25) is 0 Å². The van der Waals surface area contributed by atoms with Crippen LogP contribution in [0.25, 0.3) is 0 Å². The van der Waals surface area contributed by atoms with Crippen LogP contribution >= 0.6 is 0 Å². The Kier molecular flexibility index (Phi) is 4.87. The first-order chi connectivity index (χ1) is 9.69. The minimum absolute atomic E-state index is 0.228. The van der Waals surface area contributed by atoms with Gasteiger partial charge in [-0.15, -0.1) is 0 Å². The molecule has 0 aliphatic rings. The first-order valence-electron chi connectivity index (χ1n) is 6.70. The second kappa shape index (κ2) is 6.84. The molecule has 1 N–H and O–H groups in total. The van der Waals surface area contributed by atoms with Crippen LogP contribution in [0, 0.1) is 5.82 Å². The van der Waals surface area contributed by atoms with Gasteiger partial charge in [-0.05, 0) is 30.7 Å². The maximum absolute atomic E-state index is 12.9. The van der Waals surface area contributed by atoms with Crippen LogP contribution in [-0.2, 0) is 6.54 Å². The molecule has 0 atom stereocenters. The zero-order chi connectivity index (χ0) is 14.4. The van der Waals surface area contributed by atoms with E-state index in [4.69, 9.17) is 0 Å². The van der Waals surface area contributed by atoms with Crippen molar-refractivity contribution in [3.05, 3.63) is 48.2 Å². The molecule has 0 saturated carbocycles. The van der Waals surface area contributed by atoms with Crippen LogP contribution in [0.3, 0.4) is 0 Å². The van der Waals surface area contributed by atoms with Crippen molar-refractivity contribution in [3.8, 4) is 0 Å². The van der Waals surface area contributed by atoms with Crippen molar-refractivity contribution >= 4 is 11.5 Å². The lowest BCUT2D eigenvalue weighted by atomic mass is 10.3. The monoisotopic (exact) mass is 274 g/mol. The van der Waals surface area contributed by atoms with Crippen molar-refractivity contribution in [2.45, 2.75) is 19.9 Å². The highest BCUT2D eigenvalue weighted by atomic mass is 19.1. The fourth-order valence-electron chi connectivity index (χ4n) is 1.81. The summed E-state index contributed by atoms with van der Waals surface area (Å²) in [5, 5.41) is 3.18. The van der Waals surface area contributed by atoms with Gasteiger partial charge in [0, 0.05) is 19.3 Å². The van der Waals surface area contributed by atoms with Gasteiger partial charge in [0.1, 0.15) is 11.6 Å². The largest absolute Gasteiger partial charge is 0.369 e. The predicted octanol–water partition coefficient (Wildman–Crippen LogP) is 3.07. The number of benzene rings is 1. The summed E-state index contributed by atoms with van der Waals surface area (Å²) in [5.41, 5.74) is 1.82. The summed E-state index contributed by atoms with van der Waals surface area (Å²) in [7, 11) is 1.94. The third-order valence-corrected chi connectivity index (χ3v) is 2.93. The van der Waals surface area contributed by atoms with Crippen LogP contribution in [-0.4, -0.2) is 23.6 Å². The Morgan fingerprint density at radius 2 is 1.90 bits per heavy atom. The first-order valence-corrected chi connectivity index (χ1v) is 6.70. The average molecular weight is 274 g/mol. The summed E-state index contributed by atoms with van der Waals surface area (Å²) in [6.45, 7) is 3.63. The number of nitrogens with zero attached hydrogens (tertiary/aromatic N) is 3. The van der Waals surface area contributed by atoms with Gasteiger partial charge in [0.05, 0.1) is 24.6 Å². The van der Waals surface area contributed by atoms with Gasteiger partial charge in [-0.3, -0.25) is 4.98 Å². The van der Waals surface area contributed by atoms with E-state index in [2.05, 4.69) is 22.2 Å². The van der Waals surface area contributed by atoms with Gasteiger partial charge in [-0.2, -0.15) is 0 Å². The molecule has 0 aliphatic heterocycles. The standard InChI is InChI=1S/C15H19FN4/c1-3-8-17-15-10-18-13(9-19-15)11-20(2)14-6-4-12(16)5-7-14/h4-7,9-10H,3,8,11H2,1-2H3,(H,17,19). The molecule has 0 saturated heterocycles. The van der Waals surface area contributed by atoms with Gasteiger partial charge in [0.15, 0.2) is 0 Å². The summed E-state index contributed by atoms with van der Waals surface area (Å²) in [6.07, 6.45) is 4.55. The molecular formula is C15H19FN4. The topological polar surface area (TPSA) is 41.1 Å². The van der Waals surface area contributed by atoms with Crippen LogP contribution in [0.15, 0.2) is 36.7 Å². The van der Waals surface area contributed by atoms with Gasteiger partial charge in [-0.25, -0.2) is 9.37 Å². The summed E-state index contributed by atoms with van der Waals surface area (Å²) >= 11 is 0. The van der Waals surface area contributed by atoms with Gasteiger partial charge in [0.25, 0.3) is 0 Å². The molecule has 2 aromatic rings. The lowest BCUT2D eigenvalue weighted by Gasteiger charge is -2.18. The van der Waals surface area contributed by atoms with Crippen LogP contribution in [0.1, 0.15) is 19.0 Å². The lowest BCUT2D eigenvalue weighted by Crippen LogP contribution is -2.17. The number of anilines is 2. The number of rotatable bonds is 6. The molecule has 1 heterocycles. The van der Waals surface area contributed by atoms with Crippen molar-refractivity contribution in [3.63, 3.8) is 0 Å². The maximum atomic E-state index is 12.9. The summed E-state index contributed by atoms with van der Waals surface area (Å²) in [5.74, 6) is 0.563. The highest BCUT2D eigenvalue weighted by Gasteiger charge is 2.04. The van der Waals surface area contributed by atoms with Crippen molar-refractivity contribution in [2.24, 2.45) is 0 Å². The molecule has 0 unspecified atom stereocenters. The van der Waals surface area contributed by atoms with Gasteiger partial charge in [-0.1, -0.05) is 6.92 Å². The fourth-order valence-corrected chi connectivity index (χ4v) is 1.81. The summed E-state index contributed by atoms with van der Waals surface area (Å²) in [6, 6.07) is 6.41. The average Bonchev–Trinajstić information content (AvgIpc) is 2.47. The Labute approximate surface area is 118 Å². The fraction of sp³-hybridized carbons (Fsp3) is 0.333. The van der Waals surface area contributed by atoms with E-state index in [-0.39, 0.29) is 5.82 Å². The zero-order valence-electron chi connectivity index (χ0n) is 11.8. The molecule has 0 amide bonds. The van der Waals surface area contributed by atoms with E-state index in [0.717, 1.165) is 30.2 Å². The molecular weight excluding hydrogens is 255 g/mol. The van der Waals surface area contributed by atoms with Crippen molar-refractivity contribution in [1.82, 2.24) is 9.97 Å². The number of nitrogens with one attached hydrogen (secondary N) is 1. The van der Waals surface area contributed by atoms with E-state index in [1.54, 1.807) is 24.5 Å². The van der Waals surface area contributed by atoms with E-state index in [1.165, 1.54) is 12.1 Å². The Bertz CT molecular complexity index is 525. The molecule has 1 aromatic heterocycles. The lowest BCUT2D eigenvalue weighted by molar-refractivity contribution is 0.627. The summed E-state index contributed by atoms with van der Waals surface area (Å²) < 4.78 is 12.9. The molecule has 5 heteroatoms. The zero-order valence-corrected chi connectivity index (χ0v) is 11.8. The quantitative estimate of drug-likeness (QED) is 0.879. The maximum Gasteiger partial charge on any atom is 0.144 e. The van der Waals surface area contributed by atoms with Crippen molar-refractivity contribution in [2.75, 3.05) is 23.8 Å². The third-order valence-electron chi connectivity index (χ3n) is 2.93. The minimum Gasteiger partial charge on any atom is -0.369 e. The predicted molar refractivity (Wildman–Crippen MR) is 79.3 cm³/mol. The number of hydrogen-bond acceptors (Lipinski definition) is 4. The number of halogens is 1. The Hall–Kier alpha value is -2.17. The van der Waals surface area contributed by atoms with E-state index in [0.29, 0.717) is 6.54 Å². The first kappa shape index (κ1) is 14.2. The van der Waals surface area contributed by atoms with Crippen LogP contribution in [0.5, 0.6) is 0 Å². The van der Waals surface area contributed by atoms with E-state index < -0.39 is 0 Å². The molecule has 1 aromatic carbocycles. The van der Waals surface area contributed by atoms with Crippen molar-refractivity contribution in [1.29, 1.82) is 0 Å². The molecule has 20 heavy (non-hydrogen) atoms. The van der Waals surface area contributed by atoms with Gasteiger partial charge < -0.3 is 10.2 Å². The molecule has 0 bridgehead atoms. The SMILES string of the molecule is CCCNc1cnc(CN(C)c2ccc(F)cc2)cn1. The molecule has 4 nitrogen and oxygen atoms in total. The minimum atomic E-state index is -0.228. The third kappa shape index (κ3) is 3.91. The van der Waals surface area contributed by atoms with Crippen LogP contribution < -0.4 is 10.2 Å². The molecule has 0 spiro atoms. The van der Waals surface area contributed by atoms with Gasteiger partial charge >= 0.3 is 0 Å². The molecule has 0 aliphatic carbocycles. The van der Waals surface area contributed by atoms with E-state index >= 15 is 0 Å². The Balaban J connectivity index is 1.97. The molecule has 2 rings (SSSR count). The second-order valence-corrected chi connectivity index (χ2v) is 4.65.